The molecular formula is C15H19N5O2S. The number of hydrogen-bond donors (Lipinski definition) is 2. The van der Waals surface area contributed by atoms with Gasteiger partial charge in [0.1, 0.15) is 0 Å². The van der Waals surface area contributed by atoms with Crippen molar-refractivity contribution in [3.8, 4) is 5.82 Å². The first-order valence-electron chi connectivity index (χ1n) is 7.62. The van der Waals surface area contributed by atoms with E-state index in [1.807, 2.05) is 18.7 Å². The predicted molar refractivity (Wildman–Crippen MR) is 89.1 cm³/mol. The van der Waals surface area contributed by atoms with Crippen LogP contribution in [0, 0.1) is 12.8 Å². The van der Waals surface area contributed by atoms with Gasteiger partial charge in [0.2, 0.25) is 0 Å². The van der Waals surface area contributed by atoms with Gasteiger partial charge in [0.25, 0.3) is 11.5 Å². The molecule has 1 atom stereocenters. The van der Waals surface area contributed by atoms with Gasteiger partial charge in [-0.15, -0.1) is 0 Å². The molecule has 7 nitrogen and oxygen atoms in total. The molecule has 0 bridgehead atoms. The molecule has 1 unspecified atom stereocenters. The molecule has 2 aromatic heterocycles. The molecule has 2 aromatic rings. The molecule has 1 aliphatic rings. The number of aromatic amines is 1. The SMILES string of the molecule is Cc1c(C(=O)NCC2CCCSC2)cnn1-c1ccc(=O)[nH]n1. The second-order valence-electron chi connectivity index (χ2n) is 5.63. The summed E-state index contributed by atoms with van der Waals surface area (Å²) < 4.78 is 1.54. The number of carbonyl (C=O) groups is 1. The normalized spacial score (nSPS) is 17.9. The molecule has 23 heavy (non-hydrogen) atoms. The van der Waals surface area contributed by atoms with Crippen molar-refractivity contribution in [3.05, 3.63) is 39.9 Å². The van der Waals surface area contributed by atoms with Crippen molar-refractivity contribution < 1.29 is 4.79 Å². The fourth-order valence-electron chi connectivity index (χ4n) is 2.62. The van der Waals surface area contributed by atoms with Crippen LogP contribution in [0.5, 0.6) is 0 Å². The lowest BCUT2D eigenvalue weighted by molar-refractivity contribution is 0.0947. The molecule has 2 N–H and O–H groups in total. The van der Waals surface area contributed by atoms with Crippen molar-refractivity contribution in [1.29, 1.82) is 0 Å². The monoisotopic (exact) mass is 333 g/mol. The number of carbonyl (C=O) groups excluding carboxylic acids is 1. The van der Waals surface area contributed by atoms with Crippen molar-refractivity contribution >= 4 is 17.7 Å². The number of H-pyrrole nitrogens is 1. The average Bonchev–Trinajstić information content (AvgIpc) is 2.96. The minimum atomic E-state index is -0.276. The van der Waals surface area contributed by atoms with E-state index in [-0.39, 0.29) is 11.5 Å². The van der Waals surface area contributed by atoms with Crippen molar-refractivity contribution in [3.63, 3.8) is 0 Å². The highest BCUT2D eigenvalue weighted by atomic mass is 32.2. The van der Waals surface area contributed by atoms with Crippen LogP contribution >= 0.6 is 11.8 Å². The second kappa shape index (κ2) is 6.99. The van der Waals surface area contributed by atoms with Gasteiger partial charge in [0, 0.05) is 12.6 Å². The van der Waals surface area contributed by atoms with Crippen LogP contribution in [-0.2, 0) is 0 Å². The van der Waals surface area contributed by atoms with Crippen LogP contribution in [0.3, 0.4) is 0 Å². The molecule has 3 rings (SSSR count). The molecule has 0 aromatic carbocycles. The Kier molecular flexibility index (Phi) is 4.80. The Bertz CT molecular complexity index is 728. The summed E-state index contributed by atoms with van der Waals surface area (Å²) >= 11 is 1.95. The molecule has 3 heterocycles. The van der Waals surface area contributed by atoms with Gasteiger partial charge in [-0.25, -0.2) is 9.78 Å². The van der Waals surface area contributed by atoms with Crippen LogP contribution in [0.2, 0.25) is 0 Å². The summed E-state index contributed by atoms with van der Waals surface area (Å²) in [5.41, 5.74) is 0.948. The lowest BCUT2D eigenvalue weighted by Gasteiger charge is -2.21. The lowest BCUT2D eigenvalue weighted by Crippen LogP contribution is -2.31. The van der Waals surface area contributed by atoms with E-state index in [2.05, 4.69) is 20.6 Å². The Balaban J connectivity index is 1.69. The Hall–Kier alpha value is -2.09. The molecular weight excluding hydrogens is 314 g/mol. The third kappa shape index (κ3) is 3.64. The Morgan fingerprint density at radius 3 is 3.09 bits per heavy atom. The van der Waals surface area contributed by atoms with Crippen LogP contribution in [0.4, 0.5) is 0 Å². The first-order chi connectivity index (χ1) is 11.1. The van der Waals surface area contributed by atoms with Crippen LogP contribution < -0.4 is 10.9 Å². The molecule has 8 heteroatoms. The van der Waals surface area contributed by atoms with Crippen molar-refractivity contribution in [1.82, 2.24) is 25.3 Å². The number of rotatable bonds is 4. The van der Waals surface area contributed by atoms with E-state index in [0.29, 0.717) is 29.5 Å². The lowest BCUT2D eigenvalue weighted by atomic mass is 10.1. The smallest absolute Gasteiger partial charge is 0.264 e. The largest absolute Gasteiger partial charge is 0.352 e. The zero-order chi connectivity index (χ0) is 16.2. The van der Waals surface area contributed by atoms with Gasteiger partial charge in [-0.1, -0.05) is 0 Å². The zero-order valence-electron chi connectivity index (χ0n) is 12.9. The van der Waals surface area contributed by atoms with Gasteiger partial charge in [0.05, 0.1) is 17.5 Å². The van der Waals surface area contributed by atoms with Gasteiger partial charge < -0.3 is 5.32 Å². The first kappa shape index (κ1) is 15.8. The topological polar surface area (TPSA) is 92.7 Å². The quantitative estimate of drug-likeness (QED) is 0.875. The predicted octanol–water partition coefficient (Wildman–Crippen LogP) is 1.14. The summed E-state index contributed by atoms with van der Waals surface area (Å²) in [6, 6.07) is 2.95. The molecule has 1 amide bonds. The van der Waals surface area contributed by atoms with E-state index in [1.165, 1.54) is 30.9 Å². The second-order valence-corrected chi connectivity index (χ2v) is 6.78. The van der Waals surface area contributed by atoms with E-state index in [1.54, 1.807) is 10.7 Å². The van der Waals surface area contributed by atoms with Crippen molar-refractivity contribution in [2.45, 2.75) is 19.8 Å². The van der Waals surface area contributed by atoms with Gasteiger partial charge in [-0.05, 0) is 43.3 Å². The molecule has 122 valence electrons. The zero-order valence-corrected chi connectivity index (χ0v) is 13.7. The fraction of sp³-hybridized carbons (Fsp3) is 0.467. The van der Waals surface area contributed by atoms with E-state index in [0.717, 1.165) is 5.75 Å². The molecule has 0 aliphatic carbocycles. The van der Waals surface area contributed by atoms with Gasteiger partial charge in [-0.2, -0.15) is 22.0 Å². The molecule has 1 aliphatic heterocycles. The van der Waals surface area contributed by atoms with Crippen molar-refractivity contribution in [2.75, 3.05) is 18.1 Å². The van der Waals surface area contributed by atoms with E-state index >= 15 is 0 Å². The summed E-state index contributed by atoms with van der Waals surface area (Å²) in [5, 5.41) is 13.5. The minimum Gasteiger partial charge on any atom is -0.352 e. The average molecular weight is 333 g/mol. The van der Waals surface area contributed by atoms with Crippen LogP contribution in [-0.4, -0.2) is 43.9 Å². The number of nitrogens with zero attached hydrogens (tertiary/aromatic N) is 3. The van der Waals surface area contributed by atoms with Crippen LogP contribution in [0.15, 0.2) is 23.1 Å². The summed E-state index contributed by atoms with van der Waals surface area (Å²) in [7, 11) is 0. The van der Waals surface area contributed by atoms with Crippen molar-refractivity contribution in [2.24, 2.45) is 5.92 Å². The van der Waals surface area contributed by atoms with E-state index < -0.39 is 0 Å². The first-order valence-corrected chi connectivity index (χ1v) is 8.77. The van der Waals surface area contributed by atoms with E-state index in [4.69, 9.17) is 0 Å². The number of amides is 1. The summed E-state index contributed by atoms with van der Waals surface area (Å²) in [5.74, 6) is 3.25. The molecule has 0 radical (unpaired) electrons. The third-order valence-corrected chi connectivity index (χ3v) is 5.23. The molecule has 1 saturated heterocycles. The Morgan fingerprint density at radius 1 is 1.52 bits per heavy atom. The number of nitrogens with one attached hydrogen (secondary N) is 2. The number of thioether (sulfide) groups is 1. The summed E-state index contributed by atoms with van der Waals surface area (Å²) in [6.45, 7) is 2.51. The minimum absolute atomic E-state index is 0.117. The highest BCUT2D eigenvalue weighted by Gasteiger charge is 2.18. The van der Waals surface area contributed by atoms with Crippen LogP contribution in [0.1, 0.15) is 28.9 Å². The van der Waals surface area contributed by atoms with E-state index in [9.17, 15) is 9.59 Å². The fourth-order valence-corrected chi connectivity index (χ4v) is 3.77. The Labute approximate surface area is 137 Å². The van der Waals surface area contributed by atoms with Gasteiger partial charge in [-0.3, -0.25) is 9.59 Å². The van der Waals surface area contributed by atoms with Crippen LogP contribution in [0.25, 0.3) is 5.82 Å². The van der Waals surface area contributed by atoms with Gasteiger partial charge in [0.15, 0.2) is 5.82 Å². The maximum atomic E-state index is 12.4. The maximum absolute atomic E-state index is 12.4. The molecule has 1 fully saturated rings. The highest BCUT2D eigenvalue weighted by molar-refractivity contribution is 7.99. The third-order valence-electron chi connectivity index (χ3n) is 3.94. The highest BCUT2D eigenvalue weighted by Crippen LogP contribution is 2.22. The van der Waals surface area contributed by atoms with Gasteiger partial charge >= 0.3 is 0 Å². The molecule has 0 saturated carbocycles. The summed E-state index contributed by atoms with van der Waals surface area (Å²) in [4.78, 5) is 23.4. The maximum Gasteiger partial charge on any atom is 0.264 e. The summed E-state index contributed by atoms with van der Waals surface area (Å²) in [6.07, 6.45) is 3.93. The Morgan fingerprint density at radius 2 is 2.39 bits per heavy atom. The number of hydrogen-bond acceptors (Lipinski definition) is 5. The number of aromatic nitrogens is 4. The standard InChI is InChI=1S/C15H19N5O2S/c1-10-12(15(22)16-7-11-3-2-6-23-9-11)8-17-20(10)13-4-5-14(21)19-18-13/h4-5,8,11H,2-3,6-7,9H2,1H3,(H,16,22)(H,19,21). The molecule has 0 spiro atoms.